The molecule has 0 saturated carbocycles. The second-order valence-corrected chi connectivity index (χ2v) is 6.45. The van der Waals surface area contributed by atoms with E-state index in [0.29, 0.717) is 13.2 Å². The van der Waals surface area contributed by atoms with Crippen LogP contribution in [0.5, 0.6) is 5.75 Å². The van der Waals surface area contributed by atoms with Crippen molar-refractivity contribution in [2.75, 3.05) is 11.6 Å². The minimum Gasteiger partial charge on any atom is -0.493 e. The lowest BCUT2D eigenvalue weighted by atomic mass is 9.93. The summed E-state index contributed by atoms with van der Waals surface area (Å²) in [4.78, 5) is 23.6. The normalized spacial score (nSPS) is 14.9. The van der Waals surface area contributed by atoms with Crippen LogP contribution in [0.3, 0.4) is 0 Å². The number of fused-ring (bicyclic) bond motifs is 5. The molecule has 6 heteroatoms. The van der Waals surface area contributed by atoms with Crippen molar-refractivity contribution in [1.29, 1.82) is 0 Å². The maximum atomic E-state index is 12.3. The quantitative estimate of drug-likeness (QED) is 0.914. The lowest BCUT2D eigenvalue weighted by Crippen LogP contribution is -2.44. The summed E-state index contributed by atoms with van der Waals surface area (Å²) in [5.74, 6) is -0.348. The highest BCUT2D eigenvalue weighted by atomic mass is 16.5. The first kappa shape index (κ1) is 14.8. The number of hydrogen-bond donors (Lipinski definition) is 1. The summed E-state index contributed by atoms with van der Waals surface area (Å²) in [6.45, 7) is 5.39. The Bertz CT molecular complexity index is 914. The van der Waals surface area contributed by atoms with E-state index >= 15 is 0 Å². The Labute approximate surface area is 138 Å². The molecule has 1 aromatic heterocycles. The van der Waals surface area contributed by atoms with Gasteiger partial charge in [-0.25, -0.2) is 4.79 Å². The first-order valence-corrected chi connectivity index (χ1v) is 8.02. The molecule has 0 saturated heterocycles. The van der Waals surface area contributed by atoms with E-state index in [4.69, 9.17) is 4.74 Å². The van der Waals surface area contributed by atoms with E-state index in [1.54, 1.807) is 0 Å². The molecule has 0 bridgehead atoms. The highest BCUT2D eigenvalue weighted by Crippen LogP contribution is 2.40. The van der Waals surface area contributed by atoms with Crippen molar-refractivity contribution in [3.05, 3.63) is 51.3 Å². The first-order valence-electron chi connectivity index (χ1n) is 8.02. The van der Waals surface area contributed by atoms with Crippen LogP contribution in [0, 0.1) is 0 Å². The van der Waals surface area contributed by atoms with Gasteiger partial charge in [0.05, 0.1) is 18.8 Å². The van der Waals surface area contributed by atoms with Crippen molar-refractivity contribution < 1.29 is 14.6 Å². The number of benzene rings is 1. The molecule has 0 radical (unpaired) electrons. The molecule has 0 fully saturated rings. The van der Waals surface area contributed by atoms with Crippen molar-refractivity contribution >= 4 is 5.97 Å². The number of hydrogen-bond acceptors (Lipinski definition) is 4. The summed E-state index contributed by atoms with van der Waals surface area (Å²) in [5, 5.41) is 11.4. The lowest BCUT2D eigenvalue weighted by Gasteiger charge is -2.38. The zero-order chi connectivity index (χ0) is 17.0. The summed E-state index contributed by atoms with van der Waals surface area (Å²) in [6, 6.07) is 5.62. The van der Waals surface area contributed by atoms with Crippen LogP contribution in [-0.4, -0.2) is 28.4 Å². The minimum absolute atomic E-state index is 0.158. The van der Waals surface area contributed by atoms with Gasteiger partial charge in [0, 0.05) is 35.9 Å². The number of carbonyl (C=O) groups is 1. The van der Waals surface area contributed by atoms with Crippen LogP contribution in [-0.2, 0) is 13.0 Å². The zero-order valence-corrected chi connectivity index (χ0v) is 13.6. The van der Waals surface area contributed by atoms with Gasteiger partial charge in [-0.2, -0.15) is 0 Å². The second kappa shape index (κ2) is 5.12. The molecule has 2 aromatic rings. The molecule has 1 N–H and O–H groups in total. The van der Waals surface area contributed by atoms with Crippen LogP contribution in [0.2, 0.25) is 0 Å². The van der Waals surface area contributed by atoms with Gasteiger partial charge >= 0.3 is 5.97 Å². The molecule has 6 nitrogen and oxygen atoms in total. The molecular weight excluding hydrogens is 308 g/mol. The number of aromatic nitrogens is 1. The molecule has 0 aliphatic carbocycles. The van der Waals surface area contributed by atoms with Gasteiger partial charge in [0.1, 0.15) is 11.3 Å². The summed E-state index contributed by atoms with van der Waals surface area (Å²) in [7, 11) is 0. The molecule has 0 spiro atoms. The Hall–Kier alpha value is -2.76. The minimum atomic E-state index is -1.20. The third kappa shape index (κ3) is 2.02. The molecule has 24 heavy (non-hydrogen) atoms. The topological polar surface area (TPSA) is 71.8 Å². The lowest BCUT2D eigenvalue weighted by molar-refractivity contribution is 0.0694. The third-order valence-electron chi connectivity index (χ3n) is 4.69. The standard InChI is InChI=1S/C18H18N2O4/c1-10(2)19-8-11-3-4-16-12(5-6-24-16)17(11)14-7-15(21)13(18(22)23)9-20(14)19/h3-4,7,9-10H,5-6,8H2,1-2H3,(H,22,23). The fourth-order valence-corrected chi connectivity index (χ4v) is 3.54. The smallest absolute Gasteiger partial charge is 0.341 e. The van der Waals surface area contributed by atoms with Crippen LogP contribution in [0.25, 0.3) is 11.3 Å². The van der Waals surface area contributed by atoms with Crippen LogP contribution in [0.15, 0.2) is 29.2 Å². The number of carboxylic acid groups (broad SMARTS) is 1. The predicted molar refractivity (Wildman–Crippen MR) is 89.4 cm³/mol. The van der Waals surface area contributed by atoms with Crippen molar-refractivity contribution in [3.63, 3.8) is 0 Å². The van der Waals surface area contributed by atoms with E-state index in [2.05, 4.69) is 5.01 Å². The summed E-state index contributed by atoms with van der Waals surface area (Å²) in [5.41, 5.74) is 3.30. The van der Waals surface area contributed by atoms with Crippen LogP contribution >= 0.6 is 0 Å². The first-order chi connectivity index (χ1) is 11.5. The largest absolute Gasteiger partial charge is 0.493 e. The van der Waals surface area contributed by atoms with E-state index in [1.165, 1.54) is 12.3 Å². The van der Waals surface area contributed by atoms with Crippen LogP contribution in [0.4, 0.5) is 0 Å². The van der Waals surface area contributed by atoms with Crippen molar-refractivity contribution in [2.45, 2.75) is 32.9 Å². The second-order valence-electron chi connectivity index (χ2n) is 6.45. The highest BCUT2D eigenvalue weighted by Gasteiger charge is 2.30. The number of aromatic carboxylic acids is 1. The number of rotatable bonds is 2. The zero-order valence-electron chi connectivity index (χ0n) is 13.6. The summed E-state index contributed by atoms with van der Waals surface area (Å²) >= 11 is 0. The number of nitrogens with zero attached hydrogens (tertiary/aromatic N) is 2. The van der Waals surface area contributed by atoms with Gasteiger partial charge in [-0.1, -0.05) is 6.07 Å². The number of carboxylic acids is 1. The van der Waals surface area contributed by atoms with Gasteiger partial charge < -0.3 is 14.9 Å². The molecule has 2 aliphatic rings. The molecule has 124 valence electrons. The molecule has 4 rings (SSSR count). The molecule has 2 aliphatic heterocycles. The fourth-order valence-electron chi connectivity index (χ4n) is 3.54. The fraction of sp³-hybridized carbons (Fsp3) is 0.333. The van der Waals surface area contributed by atoms with Gasteiger partial charge in [0.25, 0.3) is 0 Å². The SMILES string of the molecule is CC(C)N1Cc2ccc3c(c2-c2cc(=O)c(C(=O)O)cn21)CCO3. The van der Waals surface area contributed by atoms with Gasteiger partial charge in [-0.05, 0) is 25.5 Å². The van der Waals surface area contributed by atoms with Crippen molar-refractivity contribution in [1.82, 2.24) is 4.68 Å². The number of ether oxygens (including phenoxy) is 1. The van der Waals surface area contributed by atoms with Gasteiger partial charge in [0.2, 0.25) is 0 Å². The van der Waals surface area contributed by atoms with Crippen molar-refractivity contribution in [2.24, 2.45) is 0 Å². The number of pyridine rings is 1. The van der Waals surface area contributed by atoms with Gasteiger partial charge in [0.15, 0.2) is 5.43 Å². The molecule has 3 heterocycles. The summed E-state index contributed by atoms with van der Waals surface area (Å²) < 4.78 is 7.47. The van der Waals surface area contributed by atoms with E-state index in [0.717, 1.165) is 34.6 Å². The molecule has 1 aromatic carbocycles. The molecule has 0 unspecified atom stereocenters. The van der Waals surface area contributed by atoms with Crippen LogP contribution < -0.4 is 15.2 Å². The molecular formula is C18H18N2O4. The van der Waals surface area contributed by atoms with E-state index < -0.39 is 11.4 Å². The van der Waals surface area contributed by atoms with Gasteiger partial charge in [-0.3, -0.25) is 9.47 Å². The Morgan fingerprint density at radius 3 is 2.83 bits per heavy atom. The Morgan fingerprint density at radius 2 is 2.12 bits per heavy atom. The highest BCUT2D eigenvalue weighted by molar-refractivity contribution is 5.88. The van der Waals surface area contributed by atoms with Crippen molar-refractivity contribution in [3.8, 4) is 17.0 Å². The maximum Gasteiger partial charge on any atom is 0.341 e. The van der Waals surface area contributed by atoms with E-state index in [1.807, 2.05) is 30.7 Å². The van der Waals surface area contributed by atoms with Crippen LogP contribution in [0.1, 0.15) is 35.3 Å². The Balaban J connectivity index is 2.04. The van der Waals surface area contributed by atoms with Gasteiger partial charge in [-0.15, -0.1) is 0 Å². The van der Waals surface area contributed by atoms with E-state index in [9.17, 15) is 14.7 Å². The summed E-state index contributed by atoms with van der Waals surface area (Å²) in [6.07, 6.45) is 2.24. The molecule has 0 amide bonds. The maximum absolute atomic E-state index is 12.3. The average molecular weight is 326 g/mol. The predicted octanol–water partition coefficient (Wildman–Crippen LogP) is 2.01. The molecule has 0 atom stereocenters. The Kier molecular flexibility index (Phi) is 3.16. The Morgan fingerprint density at radius 1 is 1.33 bits per heavy atom. The van der Waals surface area contributed by atoms with E-state index in [-0.39, 0.29) is 11.6 Å². The monoisotopic (exact) mass is 326 g/mol. The third-order valence-corrected chi connectivity index (χ3v) is 4.69. The average Bonchev–Trinajstić information content (AvgIpc) is 3.01.